The van der Waals surface area contributed by atoms with Gasteiger partial charge in [-0.1, -0.05) is 6.92 Å². The molecule has 0 aliphatic rings. The number of thiophene rings is 1. The van der Waals surface area contributed by atoms with Gasteiger partial charge in [0.1, 0.15) is 0 Å². The zero-order valence-electron chi connectivity index (χ0n) is 8.17. The predicted octanol–water partition coefficient (Wildman–Crippen LogP) is 1.83. The van der Waals surface area contributed by atoms with Crippen LogP contribution in [-0.4, -0.2) is 11.7 Å². The van der Waals surface area contributed by atoms with Crippen LogP contribution in [0.15, 0.2) is 12.1 Å². The highest BCUT2D eigenvalue weighted by molar-refractivity contribution is 8.59. The van der Waals surface area contributed by atoms with Crippen molar-refractivity contribution in [2.75, 3.05) is 6.61 Å². The lowest BCUT2D eigenvalue weighted by Gasteiger charge is -1.88. The van der Waals surface area contributed by atoms with E-state index in [2.05, 4.69) is 41.4 Å². The van der Waals surface area contributed by atoms with Gasteiger partial charge in [0.15, 0.2) is 0 Å². The van der Waals surface area contributed by atoms with E-state index >= 15 is 0 Å². The van der Waals surface area contributed by atoms with Crippen molar-refractivity contribution >= 4 is 60.4 Å². The fraction of sp³-hybridized carbons (Fsp3) is 0.500. The van der Waals surface area contributed by atoms with Gasteiger partial charge in [0, 0.05) is 71.8 Å². The van der Waals surface area contributed by atoms with Crippen molar-refractivity contribution in [1.29, 1.82) is 0 Å². The highest BCUT2D eigenvalue weighted by Gasteiger charge is 1.95. The summed E-state index contributed by atoms with van der Waals surface area (Å²) < 4.78 is 0. The van der Waals surface area contributed by atoms with Crippen molar-refractivity contribution in [2.45, 2.75) is 19.8 Å². The standard InChI is InChI=1S/C8H12OS.S5/c1-2-7-3-4-8(10-7)5-6-9;1-3-5-4-2/h3-4,9H,2,5-6H2,1H3;. The molecule has 0 atom stereocenters. The van der Waals surface area contributed by atoms with E-state index in [1.54, 1.807) is 11.3 Å². The molecule has 1 N–H and O–H groups in total. The lowest BCUT2D eigenvalue weighted by Crippen LogP contribution is -1.84. The average molecular weight is 317 g/mol. The molecule has 0 saturated heterocycles. The lowest BCUT2D eigenvalue weighted by molar-refractivity contribution is 0.300. The SMILES string of the molecule is CCc1ccc(CCO)s1.S=S=S=S=S. The maximum Gasteiger partial charge on any atom is 0.0479 e. The van der Waals surface area contributed by atoms with Crippen LogP contribution >= 0.6 is 11.3 Å². The zero-order valence-corrected chi connectivity index (χ0v) is 13.1. The molecule has 7 heteroatoms. The van der Waals surface area contributed by atoms with Crippen molar-refractivity contribution in [1.82, 2.24) is 0 Å². The molecule has 0 spiro atoms. The van der Waals surface area contributed by atoms with Crippen molar-refractivity contribution in [3.05, 3.63) is 21.9 Å². The summed E-state index contributed by atoms with van der Waals surface area (Å²) in [5, 5.41) is 8.61. The highest BCUT2D eigenvalue weighted by Crippen LogP contribution is 2.16. The summed E-state index contributed by atoms with van der Waals surface area (Å²) in [6.45, 7) is 2.41. The van der Waals surface area contributed by atoms with Crippen LogP contribution in [0.3, 0.4) is 0 Å². The molecule has 1 aromatic rings. The minimum absolute atomic E-state index is 0.268. The summed E-state index contributed by atoms with van der Waals surface area (Å²) in [7, 11) is 3.95. The summed E-state index contributed by atoms with van der Waals surface area (Å²) in [6.07, 6.45) is 1.92. The van der Waals surface area contributed by atoms with Crippen molar-refractivity contribution in [3.8, 4) is 0 Å². The number of aryl methyl sites for hydroxylation is 1. The molecule has 0 aliphatic carbocycles. The van der Waals surface area contributed by atoms with E-state index in [9.17, 15) is 0 Å². The average Bonchev–Trinajstić information content (AvgIpc) is 2.68. The van der Waals surface area contributed by atoms with Gasteiger partial charge in [0.2, 0.25) is 0 Å². The topological polar surface area (TPSA) is 20.2 Å². The number of aliphatic hydroxyl groups excluding tert-OH is 1. The van der Waals surface area contributed by atoms with Gasteiger partial charge in [0.05, 0.1) is 0 Å². The second-order valence-corrected chi connectivity index (χ2v) is 8.96. The van der Waals surface area contributed by atoms with E-state index in [1.807, 2.05) is 0 Å². The monoisotopic (exact) mass is 316 g/mol. The molecule has 0 unspecified atom stereocenters. The molecule has 1 nitrogen and oxygen atoms in total. The molecule has 0 fully saturated rings. The first-order chi connectivity index (χ1) is 7.28. The van der Waals surface area contributed by atoms with Gasteiger partial charge in [-0.25, -0.2) is 0 Å². The van der Waals surface area contributed by atoms with E-state index in [0.29, 0.717) is 0 Å². The third-order valence-electron chi connectivity index (χ3n) is 1.48. The molecule has 86 valence electrons. The van der Waals surface area contributed by atoms with E-state index < -0.39 is 0 Å². The first-order valence-corrected chi connectivity index (χ1v) is 10.4. The fourth-order valence-electron chi connectivity index (χ4n) is 0.868. The maximum atomic E-state index is 8.61. The van der Waals surface area contributed by atoms with Crippen LogP contribution in [0.25, 0.3) is 0 Å². The zero-order chi connectivity index (χ0) is 11.5. The molecule has 0 bridgehead atoms. The Balaban J connectivity index is 0.000000336. The number of hydrogen-bond acceptors (Lipinski definition) is 4. The van der Waals surface area contributed by atoms with Gasteiger partial charge in [-0.05, 0) is 18.6 Å². The Bertz CT molecular complexity index is 370. The molecule has 1 rings (SSSR count). The van der Waals surface area contributed by atoms with Gasteiger partial charge in [-0.2, -0.15) is 0 Å². The van der Waals surface area contributed by atoms with Gasteiger partial charge >= 0.3 is 0 Å². The molecule has 0 aromatic carbocycles. The van der Waals surface area contributed by atoms with Gasteiger partial charge in [-0.15, -0.1) is 11.3 Å². The second kappa shape index (κ2) is 11.3. The molecule has 1 aromatic heterocycles. The van der Waals surface area contributed by atoms with Crippen LogP contribution in [0.5, 0.6) is 0 Å². The summed E-state index contributed by atoms with van der Waals surface area (Å²) >= 11 is 10.7. The minimum Gasteiger partial charge on any atom is -0.396 e. The Labute approximate surface area is 113 Å². The summed E-state index contributed by atoms with van der Waals surface area (Å²) in [5.41, 5.74) is 0. The highest BCUT2D eigenvalue weighted by atomic mass is 33.3. The molecule has 15 heavy (non-hydrogen) atoms. The number of rotatable bonds is 3. The molecule has 1 heterocycles. The van der Waals surface area contributed by atoms with Crippen molar-refractivity contribution in [2.24, 2.45) is 0 Å². The Morgan fingerprint density at radius 2 is 1.87 bits per heavy atom. The largest absolute Gasteiger partial charge is 0.396 e. The van der Waals surface area contributed by atoms with E-state index in [1.165, 1.54) is 36.4 Å². The van der Waals surface area contributed by atoms with Crippen LogP contribution < -0.4 is 0 Å². The Morgan fingerprint density at radius 1 is 1.27 bits per heavy atom. The normalized spacial score (nSPS) is 8.67. The number of aliphatic hydroxyl groups is 1. The second-order valence-electron chi connectivity index (χ2n) is 2.40. The lowest BCUT2D eigenvalue weighted by atomic mass is 10.3. The van der Waals surface area contributed by atoms with Crippen LogP contribution in [0.2, 0.25) is 0 Å². The number of hydrogen-bond donors (Lipinski definition) is 1. The molecule has 0 amide bonds. The minimum atomic E-state index is 0.268. The molecule has 0 aliphatic heterocycles. The van der Waals surface area contributed by atoms with E-state index in [0.717, 1.165) is 12.8 Å². The Hall–Kier alpha value is 0.760. The summed E-state index contributed by atoms with van der Waals surface area (Å²) in [6, 6.07) is 4.23. The van der Waals surface area contributed by atoms with Crippen LogP contribution in [0.4, 0.5) is 0 Å². The summed E-state index contributed by atoms with van der Waals surface area (Å²) in [5.74, 6) is 0. The quantitative estimate of drug-likeness (QED) is 0.919. The Morgan fingerprint density at radius 3 is 2.20 bits per heavy atom. The fourth-order valence-corrected chi connectivity index (χ4v) is 4.56. The van der Waals surface area contributed by atoms with E-state index in [-0.39, 0.29) is 6.61 Å². The molecular weight excluding hydrogens is 304 g/mol. The van der Waals surface area contributed by atoms with Crippen LogP contribution in [0, 0.1) is 0 Å². The van der Waals surface area contributed by atoms with Crippen LogP contribution in [-0.2, 0) is 61.9 Å². The summed E-state index contributed by atoms with van der Waals surface area (Å²) in [4.78, 5) is 2.70. The first-order valence-electron chi connectivity index (χ1n) is 4.22. The van der Waals surface area contributed by atoms with Crippen molar-refractivity contribution < 1.29 is 5.11 Å². The van der Waals surface area contributed by atoms with Crippen LogP contribution in [0.1, 0.15) is 16.7 Å². The smallest absolute Gasteiger partial charge is 0.0479 e. The maximum absolute atomic E-state index is 8.61. The first kappa shape index (κ1) is 15.8. The molecule has 0 saturated carbocycles. The third-order valence-corrected chi connectivity index (χ3v) is 7.21. The molecule has 0 radical (unpaired) electrons. The van der Waals surface area contributed by atoms with Gasteiger partial charge in [-0.3, -0.25) is 0 Å². The third kappa shape index (κ3) is 8.56. The van der Waals surface area contributed by atoms with Crippen molar-refractivity contribution in [3.63, 3.8) is 0 Å². The van der Waals surface area contributed by atoms with E-state index in [4.69, 9.17) is 5.11 Å². The predicted molar refractivity (Wildman–Crippen MR) is 81.3 cm³/mol. The molecular formula is C8H12OS6. The Kier molecular flexibility index (Phi) is 11.8. The van der Waals surface area contributed by atoms with Gasteiger partial charge in [0.25, 0.3) is 0 Å². The van der Waals surface area contributed by atoms with Gasteiger partial charge < -0.3 is 5.11 Å².